The van der Waals surface area contributed by atoms with Crippen molar-refractivity contribution in [3.63, 3.8) is 0 Å². The molecular formula is C14H26N4. The summed E-state index contributed by atoms with van der Waals surface area (Å²) >= 11 is 0. The van der Waals surface area contributed by atoms with Gasteiger partial charge in [0.2, 0.25) is 0 Å². The van der Waals surface area contributed by atoms with E-state index < -0.39 is 0 Å². The smallest absolute Gasteiger partial charge is 0.134 e. The molecule has 0 saturated carbocycles. The van der Waals surface area contributed by atoms with Crippen LogP contribution in [0.2, 0.25) is 0 Å². The van der Waals surface area contributed by atoms with Gasteiger partial charge in [-0.05, 0) is 20.3 Å². The van der Waals surface area contributed by atoms with E-state index in [-0.39, 0.29) is 0 Å². The van der Waals surface area contributed by atoms with Crippen molar-refractivity contribution in [1.82, 2.24) is 9.97 Å². The fourth-order valence-electron chi connectivity index (χ4n) is 1.92. The van der Waals surface area contributed by atoms with Gasteiger partial charge in [-0.25, -0.2) is 9.97 Å². The van der Waals surface area contributed by atoms with Crippen molar-refractivity contribution in [2.75, 3.05) is 17.7 Å². The number of hydrogen-bond donors (Lipinski definition) is 2. The molecule has 0 aliphatic carbocycles. The minimum atomic E-state index is 0.452. The summed E-state index contributed by atoms with van der Waals surface area (Å²) in [5.74, 6) is 2.77. The van der Waals surface area contributed by atoms with Gasteiger partial charge in [-0.2, -0.15) is 0 Å². The molecule has 1 rings (SSSR count). The van der Waals surface area contributed by atoms with Crippen molar-refractivity contribution >= 4 is 11.6 Å². The summed E-state index contributed by atoms with van der Waals surface area (Å²) in [4.78, 5) is 9.06. The molecule has 0 aliphatic heterocycles. The first-order valence-electron chi connectivity index (χ1n) is 6.94. The monoisotopic (exact) mass is 250 g/mol. The lowest BCUT2D eigenvalue weighted by Crippen LogP contribution is -2.18. The van der Waals surface area contributed by atoms with Crippen molar-refractivity contribution in [2.24, 2.45) is 0 Å². The highest BCUT2D eigenvalue weighted by Crippen LogP contribution is 2.21. The zero-order chi connectivity index (χ0) is 13.5. The largest absolute Gasteiger partial charge is 0.373 e. The molecule has 1 unspecified atom stereocenters. The van der Waals surface area contributed by atoms with Crippen molar-refractivity contribution < 1.29 is 0 Å². The van der Waals surface area contributed by atoms with Gasteiger partial charge in [0.25, 0.3) is 0 Å². The molecule has 102 valence electrons. The molecule has 4 nitrogen and oxygen atoms in total. The van der Waals surface area contributed by atoms with Crippen LogP contribution < -0.4 is 10.6 Å². The van der Waals surface area contributed by atoms with Crippen LogP contribution >= 0.6 is 0 Å². The van der Waals surface area contributed by atoms with E-state index in [1.807, 2.05) is 7.05 Å². The highest BCUT2D eigenvalue weighted by atomic mass is 15.1. The van der Waals surface area contributed by atoms with Crippen LogP contribution in [0.5, 0.6) is 0 Å². The lowest BCUT2D eigenvalue weighted by molar-refractivity contribution is 0.642. The molecule has 1 heterocycles. The molecule has 0 amide bonds. The van der Waals surface area contributed by atoms with Gasteiger partial charge < -0.3 is 10.6 Å². The van der Waals surface area contributed by atoms with Crippen LogP contribution in [0.3, 0.4) is 0 Å². The summed E-state index contributed by atoms with van der Waals surface area (Å²) in [5, 5.41) is 6.64. The van der Waals surface area contributed by atoms with Gasteiger partial charge in [-0.1, -0.05) is 26.7 Å². The number of hydrogen-bond acceptors (Lipinski definition) is 4. The van der Waals surface area contributed by atoms with Crippen molar-refractivity contribution in [2.45, 2.75) is 59.4 Å². The van der Waals surface area contributed by atoms with Crippen LogP contribution in [0.4, 0.5) is 11.6 Å². The maximum Gasteiger partial charge on any atom is 0.134 e. The average Bonchev–Trinajstić information content (AvgIpc) is 2.38. The first-order chi connectivity index (χ1) is 8.62. The third-order valence-electron chi connectivity index (χ3n) is 3.12. The molecule has 1 atom stereocenters. The summed E-state index contributed by atoms with van der Waals surface area (Å²) in [7, 11) is 1.90. The van der Waals surface area contributed by atoms with E-state index >= 15 is 0 Å². The van der Waals surface area contributed by atoms with E-state index in [9.17, 15) is 0 Å². The Kier molecular flexibility index (Phi) is 5.89. The van der Waals surface area contributed by atoms with Crippen LogP contribution in [-0.4, -0.2) is 23.1 Å². The van der Waals surface area contributed by atoms with Crippen LogP contribution in [-0.2, 0) is 6.42 Å². The van der Waals surface area contributed by atoms with E-state index in [0.717, 1.165) is 29.4 Å². The van der Waals surface area contributed by atoms with Crippen molar-refractivity contribution in [3.05, 3.63) is 11.4 Å². The quantitative estimate of drug-likeness (QED) is 0.779. The third-order valence-corrected chi connectivity index (χ3v) is 3.12. The van der Waals surface area contributed by atoms with Crippen LogP contribution in [0.15, 0.2) is 0 Å². The lowest BCUT2D eigenvalue weighted by atomic mass is 10.1. The predicted octanol–water partition coefficient (Wildman–Crippen LogP) is 3.38. The Labute approximate surface area is 111 Å². The molecule has 0 radical (unpaired) electrons. The van der Waals surface area contributed by atoms with Crippen molar-refractivity contribution in [1.29, 1.82) is 0 Å². The zero-order valence-electron chi connectivity index (χ0n) is 12.3. The fourth-order valence-corrected chi connectivity index (χ4v) is 1.92. The van der Waals surface area contributed by atoms with E-state index in [4.69, 9.17) is 0 Å². The van der Waals surface area contributed by atoms with E-state index in [2.05, 4.69) is 48.3 Å². The van der Waals surface area contributed by atoms with Crippen LogP contribution in [0, 0.1) is 6.92 Å². The molecule has 2 N–H and O–H groups in total. The van der Waals surface area contributed by atoms with E-state index in [1.54, 1.807) is 0 Å². The summed E-state index contributed by atoms with van der Waals surface area (Å²) in [6.07, 6.45) is 4.51. The Morgan fingerprint density at radius 2 is 1.83 bits per heavy atom. The maximum absolute atomic E-state index is 4.59. The number of nitrogens with one attached hydrogen (secondary N) is 2. The standard InChI is InChI=1S/C14H26N4/c1-6-8-9-10(3)16-14-11(4)13(15-5)17-12(7-2)18-14/h10H,6-9H2,1-5H3,(H2,15,16,17,18). The molecule has 0 aliphatic rings. The number of aryl methyl sites for hydroxylation is 1. The summed E-state index contributed by atoms with van der Waals surface area (Å²) in [5.41, 5.74) is 1.10. The molecule has 0 aromatic carbocycles. The Morgan fingerprint density at radius 1 is 1.17 bits per heavy atom. The highest BCUT2D eigenvalue weighted by Gasteiger charge is 2.11. The van der Waals surface area contributed by atoms with Gasteiger partial charge in [-0.3, -0.25) is 0 Å². The van der Waals surface area contributed by atoms with Gasteiger partial charge in [0.15, 0.2) is 0 Å². The molecule has 1 aromatic rings. The molecule has 0 bridgehead atoms. The Morgan fingerprint density at radius 3 is 2.39 bits per heavy atom. The third kappa shape index (κ3) is 3.86. The minimum absolute atomic E-state index is 0.452. The normalized spacial score (nSPS) is 12.3. The summed E-state index contributed by atoms with van der Waals surface area (Å²) < 4.78 is 0. The van der Waals surface area contributed by atoms with Gasteiger partial charge in [0, 0.05) is 25.1 Å². The Bertz CT molecular complexity index is 376. The SMILES string of the molecule is CCCCC(C)Nc1nc(CC)nc(NC)c1C. The van der Waals surface area contributed by atoms with Gasteiger partial charge in [0.1, 0.15) is 17.5 Å². The van der Waals surface area contributed by atoms with Crippen molar-refractivity contribution in [3.8, 4) is 0 Å². The second-order valence-electron chi connectivity index (χ2n) is 4.75. The number of rotatable bonds is 7. The zero-order valence-corrected chi connectivity index (χ0v) is 12.3. The van der Waals surface area contributed by atoms with Gasteiger partial charge in [-0.15, -0.1) is 0 Å². The first kappa shape index (κ1) is 14.7. The van der Waals surface area contributed by atoms with Crippen LogP contribution in [0.1, 0.15) is 51.4 Å². The van der Waals surface area contributed by atoms with E-state index in [1.165, 1.54) is 19.3 Å². The summed E-state index contributed by atoms with van der Waals surface area (Å²) in [6.45, 7) is 8.56. The van der Waals surface area contributed by atoms with Gasteiger partial charge in [0.05, 0.1) is 0 Å². The number of nitrogens with zero attached hydrogens (tertiary/aromatic N) is 2. The molecule has 4 heteroatoms. The first-order valence-corrected chi connectivity index (χ1v) is 6.94. The van der Waals surface area contributed by atoms with Crippen LogP contribution in [0.25, 0.3) is 0 Å². The second-order valence-corrected chi connectivity index (χ2v) is 4.75. The molecule has 0 spiro atoms. The lowest BCUT2D eigenvalue weighted by Gasteiger charge is -2.18. The molecule has 0 saturated heterocycles. The molecular weight excluding hydrogens is 224 g/mol. The minimum Gasteiger partial charge on any atom is -0.373 e. The number of unbranched alkanes of at least 4 members (excludes halogenated alkanes) is 1. The molecule has 0 fully saturated rings. The molecule has 18 heavy (non-hydrogen) atoms. The predicted molar refractivity (Wildman–Crippen MR) is 78.3 cm³/mol. The highest BCUT2D eigenvalue weighted by molar-refractivity contribution is 5.57. The topological polar surface area (TPSA) is 49.8 Å². The second kappa shape index (κ2) is 7.19. The summed E-state index contributed by atoms with van der Waals surface area (Å²) in [6, 6.07) is 0.452. The average molecular weight is 250 g/mol. The van der Waals surface area contributed by atoms with E-state index in [0.29, 0.717) is 6.04 Å². The Hall–Kier alpha value is -1.32. The Balaban J connectivity index is 2.86. The molecule has 1 aromatic heterocycles. The maximum atomic E-state index is 4.59. The number of anilines is 2. The fraction of sp³-hybridized carbons (Fsp3) is 0.714. The number of aromatic nitrogens is 2. The van der Waals surface area contributed by atoms with Gasteiger partial charge >= 0.3 is 0 Å².